The number of rotatable bonds is 10. The second kappa shape index (κ2) is 9.80. The maximum atomic E-state index is 6.31. The van der Waals surface area contributed by atoms with Gasteiger partial charge in [-0.05, 0) is 18.8 Å². The van der Waals surface area contributed by atoms with Crippen molar-refractivity contribution in [2.24, 2.45) is 11.1 Å². The first-order valence-electron chi connectivity index (χ1n) is 7.80. The zero-order valence-electron chi connectivity index (χ0n) is 13.3. The van der Waals surface area contributed by atoms with Crippen LogP contribution in [0.3, 0.4) is 0 Å². The smallest absolute Gasteiger partial charge is 0.0773 e. The molecule has 0 saturated carbocycles. The topological polar surface area (TPSA) is 35.2 Å². The van der Waals surface area contributed by atoms with Crippen molar-refractivity contribution in [1.29, 1.82) is 0 Å². The van der Waals surface area contributed by atoms with Crippen molar-refractivity contribution >= 4 is 0 Å². The van der Waals surface area contributed by atoms with E-state index in [0.29, 0.717) is 0 Å². The predicted molar refractivity (Wildman–Crippen MR) is 80.8 cm³/mol. The fourth-order valence-corrected chi connectivity index (χ4v) is 2.51. The normalized spacial score (nSPS) is 15.7. The molecule has 2 heteroatoms. The Hall–Kier alpha value is -0.0800. The van der Waals surface area contributed by atoms with Crippen LogP contribution in [0.15, 0.2) is 0 Å². The van der Waals surface area contributed by atoms with Crippen molar-refractivity contribution in [2.75, 3.05) is 6.61 Å². The highest BCUT2D eigenvalue weighted by molar-refractivity contribution is 4.84. The molecule has 0 saturated heterocycles. The summed E-state index contributed by atoms with van der Waals surface area (Å²) in [5.41, 5.74) is 6.44. The third kappa shape index (κ3) is 8.10. The molecule has 2 nitrogen and oxygen atoms in total. The molecule has 0 rings (SSSR count). The third-order valence-electron chi connectivity index (χ3n) is 3.48. The first kappa shape index (κ1) is 17.9. The molecule has 0 heterocycles. The lowest BCUT2D eigenvalue weighted by Crippen LogP contribution is -2.45. The van der Waals surface area contributed by atoms with Crippen LogP contribution in [0.5, 0.6) is 0 Å². The Morgan fingerprint density at radius 2 is 1.50 bits per heavy atom. The second-order valence-corrected chi connectivity index (χ2v) is 6.46. The van der Waals surface area contributed by atoms with E-state index in [9.17, 15) is 0 Å². The molecule has 2 unspecified atom stereocenters. The third-order valence-corrected chi connectivity index (χ3v) is 3.48. The van der Waals surface area contributed by atoms with Gasteiger partial charge in [-0.1, -0.05) is 66.2 Å². The summed E-state index contributed by atoms with van der Waals surface area (Å²) < 4.78 is 5.84. The van der Waals surface area contributed by atoms with E-state index in [1.807, 2.05) is 0 Å². The molecule has 0 aromatic heterocycles. The Kier molecular flexibility index (Phi) is 9.76. The van der Waals surface area contributed by atoms with E-state index in [1.165, 1.54) is 38.5 Å². The highest BCUT2D eigenvalue weighted by Gasteiger charge is 2.30. The van der Waals surface area contributed by atoms with Gasteiger partial charge < -0.3 is 10.5 Å². The zero-order chi connectivity index (χ0) is 14.0. The summed E-state index contributed by atoms with van der Waals surface area (Å²) >= 11 is 0. The molecule has 0 bridgehead atoms. The molecular formula is C16H35NO. The molecule has 18 heavy (non-hydrogen) atoms. The summed E-state index contributed by atoms with van der Waals surface area (Å²) in [5, 5.41) is 0. The summed E-state index contributed by atoms with van der Waals surface area (Å²) in [6.07, 6.45) is 9.24. The molecule has 0 fully saturated rings. The maximum Gasteiger partial charge on any atom is 0.0773 e. The van der Waals surface area contributed by atoms with Gasteiger partial charge in [-0.3, -0.25) is 0 Å². The molecule has 0 radical (unpaired) electrons. The second-order valence-electron chi connectivity index (χ2n) is 6.46. The summed E-state index contributed by atoms with van der Waals surface area (Å²) in [6, 6.07) is 0.177. The molecule has 0 aliphatic carbocycles. The van der Waals surface area contributed by atoms with E-state index in [-0.39, 0.29) is 17.6 Å². The maximum absolute atomic E-state index is 6.31. The Morgan fingerprint density at radius 1 is 0.944 bits per heavy atom. The van der Waals surface area contributed by atoms with Crippen molar-refractivity contribution in [2.45, 2.75) is 91.7 Å². The average molecular weight is 257 g/mol. The summed E-state index contributed by atoms with van der Waals surface area (Å²) in [5.74, 6) is 0. The van der Waals surface area contributed by atoms with Crippen LogP contribution in [0, 0.1) is 5.41 Å². The minimum Gasteiger partial charge on any atom is -0.376 e. The van der Waals surface area contributed by atoms with Gasteiger partial charge in [0.25, 0.3) is 0 Å². The highest BCUT2D eigenvalue weighted by atomic mass is 16.5. The SMILES string of the molecule is CCCCCCCCC(N)C(OCC)C(C)(C)C. The van der Waals surface area contributed by atoms with Crippen LogP contribution in [-0.4, -0.2) is 18.8 Å². The van der Waals surface area contributed by atoms with Gasteiger partial charge >= 0.3 is 0 Å². The average Bonchev–Trinajstić information content (AvgIpc) is 2.28. The van der Waals surface area contributed by atoms with E-state index in [2.05, 4.69) is 34.6 Å². The Bertz CT molecular complexity index is 186. The van der Waals surface area contributed by atoms with Crippen LogP contribution in [0.4, 0.5) is 0 Å². The Balaban J connectivity index is 3.86. The number of unbranched alkanes of at least 4 members (excludes halogenated alkanes) is 5. The van der Waals surface area contributed by atoms with Crippen LogP contribution < -0.4 is 5.73 Å². The van der Waals surface area contributed by atoms with E-state index in [4.69, 9.17) is 10.5 Å². The van der Waals surface area contributed by atoms with Crippen molar-refractivity contribution in [3.05, 3.63) is 0 Å². The Morgan fingerprint density at radius 3 is 2.00 bits per heavy atom. The predicted octanol–water partition coefficient (Wildman–Crippen LogP) is 4.52. The fraction of sp³-hybridized carbons (Fsp3) is 1.00. The van der Waals surface area contributed by atoms with Crippen molar-refractivity contribution in [3.8, 4) is 0 Å². The van der Waals surface area contributed by atoms with E-state index >= 15 is 0 Å². The summed E-state index contributed by atoms with van der Waals surface area (Å²) in [7, 11) is 0. The van der Waals surface area contributed by atoms with Gasteiger partial charge in [0, 0.05) is 12.6 Å². The number of hydrogen-bond acceptors (Lipinski definition) is 2. The van der Waals surface area contributed by atoms with Crippen LogP contribution in [0.25, 0.3) is 0 Å². The molecular weight excluding hydrogens is 222 g/mol. The quantitative estimate of drug-likeness (QED) is 0.584. The van der Waals surface area contributed by atoms with Gasteiger partial charge in [0.15, 0.2) is 0 Å². The number of ether oxygens (including phenoxy) is 1. The van der Waals surface area contributed by atoms with Crippen molar-refractivity contribution < 1.29 is 4.74 Å². The minimum absolute atomic E-state index is 0.137. The molecule has 0 spiro atoms. The monoisotopic (exact) mass is 257 g/mol. The lowest BCUT2D eigenvalue weighted by Gasteiger charge is -2.35. The van der Waals surface area contributed by atoms with Gasteiger partial charge in [-0.2, -0.15) is 0 Å². The Labute approximate surface area is 115 Å². The zero-order valence-corrected chi connectivity index (χ0v) is 13.3. The van der Waals surface area contributed by atoms with E-state index in [1.54, 1.807) is 0 Å². The molecule has 0 aliphatic heterocycles. The lowest BCUT2D eigenvalue weighted by atomic mass is 9.83. The van der Waals surface area contributed by atoms with E-state index in [0.717, 1.165) is 13.0 Å². The van der Waals surface area contributed by atoms with Gasteiger partial charge in [-0.15, -0.1) is 0 Å². The molecule has 2 atom stereocenters. The van der Waals surface area contributed by atoms with Crippen molar-refractivity contribution in [1.82, 2.24) is 0 Å². The molecule has 0 amide bonds. The summed E-state index contributed by atoms with van der Waals surface area (Å²) in [6.45, 7) is 11.7. The molecule has 2 N–H and O–H groups in total. The lowest BCUT2D eigenvalue weighted by molar-refractivity contribution is -0.0294. The molecule has 0 aromatic carbocycles. The number of hydrogen-bond donors (Lipinski definition) is 1. The first-order chi connectivity index (χ1) is 8.43. The van der Waals surface area contributed by atoms with Gasteiger partial charge in [0.1, 0.15) is 0 Å². The molecule has 0 aliphatic rings. The van der Waals surface area contributed by atoms with Crippen LogP contribution in [0.2, 0.25) is 0 Å². The van der Waals surface area contributed by atoms with Crippen LogP contribution in [-0.2, 0) is 4.74 Å². The van der Waals surface area contributed by atoms with E-state index < -0.39 is 0 Å². The largest absolute Gasteiger partial charge is 0.376 e. The van der Waals surface area contributed by atoms with Crippen LogP contribution in [0.1, 0.15) is 79.6 Å². The fourth-order valence-electron chi connectivity index (χ4n) is 2.51. The van der Waals surface area contributed by atoms with Gasteiger partial charge in [0.2, 0.25) is 0 Å². The first-order valence-corrected chi connectivity index (χ1v) is 7.80. The molecule has 0 aromatic rings. The van der Waals surface area contributed by atoms with Crippen LogP contribution >= 0.6 is 0 Å². The molecule has 110 valence electrons. The van der Waals surface area contributed by atoms with Gasteiger partial charge in [0.05, 0.1) is 6.10 Å². The highest BCUT2D eigenvalue weighted by Crippen LogP contribution is 2.26. The number of nitrogens with two attached hydrogens (primary N) is 1. The minimum atomic E-state index is 0.137. The standard InChI is InChI=1S/C16H35NO/c1-6-8-9-10-11-12-13-14(17)15(18-7-2)16(3,4)5/h14-15H,6-13,17H2,1-5H3. The van der Waals surface area contributed by atoms with Gasteiger partial charge in [-0.25, -0.2) is 0 Å². The summed E-state index contributed by atoms with van der Waals surface area (Å²) in [4.78, 5) is 0. The van der Waals surface area contributed by atoms with Crippen molar-refractivity contribution in [3.63, 3.8) is 0 Å².